The van der Waals surface area contributed by atoms with Crippen LogP contribution in [-0.2, 0) is 4.79 Å². The van der Waals surface area contributed by atoms with Crippen LogP contribution in [0.2, 0.25) is 0 Å². The lowest BCUT2D eigenvalue weighted by molar-refractivity contribution is -0.130. The molecule has 17 heavy (non-hydrogen) atoms. The number of nitrogens with zero attached hydrogens (tertiary/aromatic N) is 3. The summed E-state index contributed by atoms with van der Waals surface area (Å²) in [6.45, 7) is 5.55. The molecule has 0 radical (unpaired) electrons. The molecule has 0 unspecified atom stereocenters. The average Bonchev–Trinajstić information content (AvgIpc) is 2.74. The zero-order valence-corrected chi connectivity index (χ0v) is 9.97. The Bertz CT molecular complexity index is 433. The molecule has 6 nitrogen and oxygen atoms in total. The van der Waals surface area contributed by atoms with Crippen molar-refractivity contribution in [1.29, 1.82) is 0 Å². The van der Waals surface area contributed by atoms with Crippen LogP contribution in [0.5, 0.6) is 0 Å². The van der Waals surface area contributed by atoms with Crippen LogP contribution in [0.25, 0.3) is 0 Å². The van der Waals surface area contributed by atoms with Crippen molar-refractivity contribution in [3.63, 3.8) is 0 Å². The second-order valence-electron chi connectivity index (χ2n) is 4.09. The van der Waals surface area contributed by atoms with Crippen LogP contribution in [0, 0.1) is 6.92 Å². The highest BCUT2D eigenvalue weighted by atomic mass is 16.5. The molecule has 1 aliphatic heterocycles. The van der Waals surface area contributed by atoms with Crippen LogP contribution in [0.15, 0.2) is 10.7 Å². The minimum Gasteiger partial charge on any atom is -0.361 e. The van der Waals surface area contributed by atoms with Gasteiger partial charge in [-0.3, -0.25) is 9.59 Å². The Balaban J connectivity index is 2.00. The van der Waals surface area contributed by atoms with Gasteiger partial charge in [-0.1, -0.05) is 5.16 Å². The van der Waals surface area contributed by atoms with Gasteiger partial charge in [0, 0.05) is 33.1 Å². The maximum Gasteiger partial charge on any atom is 0.259 e. The Labute approximate surface area is 99.2 Å². The van der Waals surface area contributed by atoms with Gasteiger partial charge in [-0.15, -0.1) is 0 Å². The molecule has 0 N–H and O–H groups in total. The largest absolute Gasteiger partial charge is 0.361 e. The van der Waals surface area contributed by atoms with E-state index in [1.165, 1.54) is 6.20 Å². The summed E-state index contributed by atoms with van der Waals surface area (Å²) in [5.74, 6) is 0.509. The lowest BCUT2D eigenvalue weighted by atomic mass is 10.2. The van der Waals surface area contributed by atoms with E-state index in [0.717, 1.165) is 0 Å². The maximum absolute atomic E-state index is 12.1. The highest BCUT2D eigenvalue weighted by molar-refractivity contribution is 5.94. The van der Waals surface area contributed by atoms with E-state index < -0.39 is 0 Å². The highest BCUT2D eigenvalue weighted by Gasteiger charge is 2.25. The first-order valence-electron chi connectivity index (χ1n) is 5.55. The first-order valence-corrected chi connectivity index (χ1v) is 5.55. The molecular weight excluding hydrogens is 222 g/mol. The minimum atomic E-state index is -0.0769. The molecule has 1 aliphatic rings. The van der Waals surface area contributed by atoms with Crippen molar-refractivity contribution in [2.75, 3.05) is 26.2 Å². The number of amides is 2. The SMILES string of the molecule is CC(=O)N1CCN(C(=O)c2cnoc2C)CC1. The third kappa shape index (κ3) is 2.30. The molecule has 2 heterocycles. The van der Waals surface area contributed by atoms with Crippen molar-refractivity contribution in [2.45, 2.75) is 13.8 Å². The van der Waals surface area contributed by atoms with Crippen LogP contribution in [0.1, 0.15) is 23.0 Å². The molecule has 0 atom stereocenters. The number of hydrogen-bond donors (Lipinski definition) is 0. The lowest BCUT2D eigenvalue weighted by Gasteiger charge is -2.34. The molecule has 1 aromatic heterocycles. The minimum absolute atomic E-state index is 0.0539. The van der Waals surface area contributed by atoms with E-state index in [1.54, 1.807) is 23.6 Å². The predicted octanol–water partition coefficient (Wildman–Crippen LogP) is 0.287. The second-order valence-corrected chi connectivity index (χ2v) is 4.09. The molecule has 1 fully saturated rings. The van der Waals surface area contributed by atoms with Gasteiger partial charge >= 0.3 is 0 Å². The standard InChI is InChI=1S/C11H15N3O3/c1-8-10(7-12-17-8)11(16)14-5-3-13(4-6-14)9(2)15/h7H,3-6H2,1-2H3. The molecule has 6 heteroatoms. The zero-order valence-electron chi connectivity index (χ0n) is 9.97. The van der Waals surface area contributed by atoms with Gasteiger partial charge in [-0.2, -0.15) is 0 Å². The third-order valence-electron chi connectivity index (χ3n) is 2.99. The molecule has 0 saturated carbocycles. The van der Waals surface area contributed by atoms with E-state index in [2.05, 4.69) is 5.16 Å². The lowest BCUT2D eigenvalue weighted by Crippen LogP contribution is -2.50. The Kier molecular flexibility index (Phi) is 3.12. The van der Waals surface area contributed by atoms with Gasteiger partial charge in [0.05, 0.1) is 6.20 Å². The van der Waals surface area contributed by atoms with E-state index in [1.807, 2.05) is 0 Å². The van der Waals surface area contributed by atoms with Gasteiger partial charge in [0.25, 0.3) is 5.91 Å². The maximum atomic E-state index is 12.1. The summed E-state index contributed by atoms with van der Waals surface area (Å²) >= 11 is 0. The van der Waals surface area contributed by atoms with Crippen molar-refractivity contribution in [3.05, 3.63) is 17.5 Å². The topological polar surface area (TPSA) is 66.7 Å². The van der Waals surface area contributed by atoms with Gasteiger partial charge in [0.15, 0.2) is 0 Å². The highest BCUT2D eigenvalue weighted by Crippen LogP contribution is 2.12. The molecule has 0 spiro atoms. The van der Waals surface area contributed by atoms with Gasteiger partial charge in [-0.05, 0) is 6.92 Å². The molecule has 0 aliphatic carbocycles. The molecule has 1 aromatic rings. The monoisotopic (exact) mass is 237 g/mol. The smallest absolute Gasteiger partial charge is 0.259 e. The fourth-order valence-electron chi connectivity index (χ4n) is 1.90. The van der Waals surface area contributed by atoms with Crippen molar-refractivity contribution < 1.29 is 14.1 Å². The summed E-state index contributed by atoms with van der Waals surface area (Å²) in [5, 5.41) is 3.59. The van der Waals surface area contributed by atoms with Crippen LogP contribution < -0.4 is 0 Å². The first kappa shape index (κ1) is 11.6. The molecule has 1 saturated heterocycles. The molecular formula is C11H15N3O3. The third-order valence-corrected chi connectivity index (χ3v) is 2.99. The number of aryl methyl sites for hydroxylation is 1. The van der Waals surface area contributed by atoms with E-state index in [-0.39, 0.29) is 11.8 Å². The normalized spacial score (nSPS) is 16.1. The van der Waals surface area contributed by atoms with Gasteiger partial charge < -0.3 is 14.3 Å². The number of carbonyl (C=O) groups excluding carboxylic acids is 2. The fraction of sp³-hybridized carbons (Fsp3) is 0.545. The van der Waals surface area contributed by atoms with Crippen molar-refractivity contribution >= 4 is 11.8 Å². The van der Waals surface area contributed by atoms with Crippen LogP contribution in [-0.4, -0.2) is 52.9 Å². The zero-order chi connectivity index (χ0) is 12.4. The number of rotatable bonds is 1. The van der Waals surface area contributed by atoms with Crippen LogP contribution in [0.4, 0.5) is 0 Å². The summed E-state index contributed by atoms with van der Waals surface area (Å²) in [6, 6.07) is 0. The Hall–Kier alpha value is -1.85. The van der Waals surface area contributed by atoms with E-state index in [0.29, 0.717) is 37.5 Å². The summed E-state index contributed by atoms with van der Waals surface area (Å²) in [6.07, 6.45) is 1.44. The first-order chi connectivity index (χ1) is 8.09. The second kappa shape index (κ2) is 4.57. The summed E-state index contributed by atoms with van der Waals surface area (Å²) in [4.78, 5) is 26.7. The Morgan fingerprint density at radius 1 is 1.24 bits per heavy atom. The quantitative estimate of drug-likeness (QED) is 0.704. The Morgan fingerprint density at radius 3 is 2.29 bits per heavy atom. The van der Waals surface area contributed by atoms with E-state index in [9.17, 15) is 9.59 Å². The van der Waals surface area contributed by atoms with Gasteiger partial charge in [0.1, 0.15) is 11.3 Å². The van der Waals surface area contributed by atoms with Crippen LogP contribution >= 0.6 is 0 Å². The van der Waals surface area contributed by atoms with Crippen molar-refractivity contribution in [3.8, 4) is 0 Å². The fourth-order valence-corrected chi connectivity index (χ4v) is 1.90. The van der Waals surface area contributed by atoms with Crippen molar-refractivity contribution in [1.82, 2.24) is 15.0 Å². The summed E-state index contributed by atoms with van der Waals surface area (Å²) in [7, 11) is 0. The summed E-state index contributed by atoms with van der Waals surface area (Å²) in [5.41, 5.74) is 0.501. The van der Waals surface area contributed by atoms with Crippen molar-refractivity contribution in [2.24, 2.45) is 0 Å². The molecule has 0 aromatic carbocycles. The predicted molar refractivity (Wildman–Crippen MR) is 59.4 cm³/mol. The number of hydrogen-bond acceptors (Lipinski definition) is 4. The summed E-state index contributed by atoms with van der Waals surface area (Å²) < 4.78 is 4.87. The molecule has 92 valence electrons. The molecule has 0 bridgehead atoms. The van der Waals surface area contributed by atoms with Crippen LogP contribution in [0.3, 0.4) is 0 Å². The average molecular weight is 237 g/mol. The number of aromatic nitrogens is 1. The Morgan fingerprint density at radius 2 is 1.82 bits per heavy atom. The molecule has 2 amide bonds. The van der Waals surface area contributed by atoms with Gasteiger partial charge in [-0.25, -0.2) is 0 Å². The van der Waals surface area contributed by atoms with Gasteiger partial charge in [0.2, 0.25) is 5.91 Å². The van der Waals surface area contributed by atoms with E-state index in [4.69, 9.17) is 4.52 Å². The number of piperazine rings is 1. The number of carbonyl (C=O) groups is 2. The van der Waals surface area contributed by atoms with E-state index >= 15 is 0 Å². The molecule has 2 rings (SSSR count).